The lowest BCUT2D eigenvalue weighted by molar-refractivity contribution is 0.0702. The molecule has 19 heavy (non-hydrogen) atoms. The quantitative estimate of drug-likeness (QED) is 0.747. The summed E-state index contributed by atoms with van der Waals surface area (Å²) in [6, 6.07) is 9.41. The lowest BCUT2D eigenvalue weighted by Crippen LogP contribution is -1.90. The van der Waals surface area contributed by atoms with E-state index in [2.05, 4.69) is 9.97 Å². The monoisotopic (exact) mass is 288 g/mol. The molecule has 0 aliphatic heterocycles. The van der Waals surface area contributed by atoms with Gasteiger partial charge in [0.15, 0.2) is 0 Å². The molecule has 0 saturated heterocycles. The summed E-state index contributed by atoms with van der Waals surface area (Å²) in [7, 11) is 0. The molecule has 2 aromatic heterocycles. The number of fused-ring (bicyclic) bond motifs is 1. The second-order valence-electron chi connectivity index (χ2n) is 3.75. The molecule has 3 rings (SSSR count). The fourth-order valence-electron chi connectivity index (χ4n) is 1.66. The minimum atomic E-state index is -0.899. The molecule has 0 fully saturated rings. The van der Waals surface area contributed by atoms with Gasteiger partial charge in [-0.05, 0) is 12.1 Å². The first-order chi connectivity index (χ1) is 9.24. The van der Waals surface area contributed by atoms with Gasteiger partial charge in [-0.1, -0.05) is 30.0 Å². The van der Waals surface area contributed by atoms with Crippen molar-refractivity contribution in [3.8, 4) is 0 Å². The number of carboxylic acid groups (broad SMARTS) is 1. The molecule has 0 aliphatic rings. The number of carboxylic acids is 1. The molecule has 1 aromatic carbocycles. The molecule has 4 nitrogen and oxygen atoms in total. The van der Waals surface area contributed by atoms with E-state index in [1.165, 1.54) is 29.4 Å². The van der Waals surface area contributed by atoms with E-state index >= 15 is 0 Å². The van der Waals surface area contributed by atoms with Crippen molar-refractivity contribution in [2.45, 2.75) is 9.92 Å². The standard InChI is InChI=1S/C13H8N2O2S2/c16-13(17)11-5-8(6-18-11)19-12-9-3-1-2-4-10(9)14-7-15-12/h1-7H,(H,16,17). The van der Waals surface area contributed by atoms with Crippen LogP contribution < -0.4 is 0 Å². The number of para-hydroxylation sites is 1. The summed E-state index contributed by atoms with van der Waals surface area (Å²) in [5.41, 5.74) is 0.883. The van der Waals surface area contributed by atoms with Gasteiger partial charge in [0.2, 0.25) is 0 Å². The van der Waals surface area contributed by atoms with Gasteiger partial charge in [0.25, 0.3) is 0 Å². The lowest BCUT2D eigenvalue weighted by Gasteiger charge is -2.02. The van der Waals surface area contributed by atoms with Crippen LogP contribution >= 0.6 is 23.1 Å². The summed E-state index contributed by atoms with van der Waals surface area (Å²) in [4.78, 5) is 20.5. The van der Waals surface area contributed by atoms with Crippen LogP contribution in [0, 0.1) is 0 Å². The molecular formula is C13H8N2O2S2. The van der Waals surface area contributed by atoms with Crippen molar-refractivity contribution in [2.75, 3.05) is 0 Å². The van der Waals surface area contributed by atoms with Crippen molar-refractivity contribution >= 4 is 40.0 Å². The van der Waals surface area contributed by atoms with Gasteiger partial charge < -0.3 is 5.11 Å². The Bertz CT molecular complexity index is 750. The van der Waals surface area contributed by atoms with Gasteiger partial charge in [0.1, 0.15) is 16.2 Å². The SMILES string of the molecule is O=C(O)c1cc(Sc2ncnc3ccccc23)cs1. The molecule has 0 bridgehead atoms. The number of rotatable bonds is 3. The summed E-state index contributed by atoms with van der Waals surface area (Å²) in [6.07, 6.45) is 1.52. The summed E-state index contributed by atoms with van der Waals surface area (Å²) in [6.45, 7) is 0. The zero-order chi connectivity index (χ0) is 13.2. The zero-order valence-electron chi connectivity index (χ0n) is 9.61. The van der Waals surface area contributed by atoms with Gasteiger partial charge >= 0.3 is 5.97 Å². The Morgan fingerprint density at radius 1 is 1.26 bits per heavy atom. The van der Waals surface area contributed by atoms with E-state index in [1.54, 1.807) is 6.07 Å². The second-order valence-corrected chi connectivity index (χ2v) is 5.72. The second kappa shape index (κ2) is 4.99. The maximum atomic E-state index is 10.9. The highest BCUT2D eigenvalue weighted by molar-refractivity contribution is 7.99. The Hall–Kier alpha value is -1.92. The van der Waals surface area contributed by atoms with Crippen molar-refractivity contribution in [2.24, 2.45) is 0 Å². The van der Waals surface area contributed by atoms with Gasteiger partial charge in [0, 0.05) is 15.7 Å². The summed E-state index contributed by atoms with van der Waals surface area (Å²) < 4.78 is 0. The van der Waals surface area contributed by atoms with Gasteiger partial charge in [-0.25, -0.2) is 14.8 Å². The van der Waals surface area contributed by atoms with E-state index in [0.29, 0.717) is 4.88 Å². The van der Waals surface area contributed by atoms with Crippen LogP contribution in [0.3, 0.4) is 0 Å². The van der Waals surface area contributed by atoms with Crippen molar-refractivity contribution < 1.29 is 9.90 Å². The predicted molar refractivity (Wildman–Crippen MR) is 74.9 cm³/mol. The van der Waals surface area contributed by atoms with Crippen LogP contribution in [0.25, 0.3) is 10.9 Å². The minimum absolute atomic E-state index is 0.334. The van der Waals surface area contributed by atoms with E-state index in [9.17, 15) is 4.79 Å². The first kappa shape index (κ1) is 12.1. The Balaban J connectivity index is 1.98. The van der Waals surface area contributed by atoms with Crippen molar-refractivity contribution in [1.29, 1.82) is 0 Å². The molecule has 0 atom stereocenters. The molecule has 2 heterocycles. The van der Waals surface area contributed by atoms with Crippen LogP contribution in [0.2, 0.25) is 0 Å². The van der Waals surface area contributed by atoms with Crippen LogP contribution in [0.1, 0.15) is 9.67 Å². The summed E-state index contributed by atoms with van der Waals surface area (Å²) in [5.74, 6) is -0.899. The van der Waals surface area contributed by atoms with Gasteiger partial charge in [-0.2, -0.15) is 0 Å². The molecule has 94 valence electrons. The molecule has 0 saturated carbocycles. The average molecular weight is 288 g/mol. The summed E-state index contributed by atoms with van der Waals surface area (Å²) >= 11 is 2.67. The fourth-order valence-corrected chi connectivity index (χ4v) is 3.46. The minimum Gasteiger partial charge on any atom is -0.477 e. The topological polar surface area (TPSA) is 63.1 Å². The highest BCUT2D eigenvalue weighted by atomic mass is 32.2. The third kappa shape index (κ3) is 2.45. The first-order valence-electron chi connectivity index (χ1n) is 5.43. The Morgan fingerprint density at radius 2 is 2.11 bits per heavy atom. The number of hydrogen-bond donors (Lipinski definition) is 1. The molecule has 1 N–H and O–H groups in total. The van der Waals surface area contributed by atoms with Crippen molar-refractivity contribution in [1.82, 2.24) is 9.97 Å². The largest absolute Gasteiger partial charge is 0.477 e. The van der Waals surface area contributed by atoms with Crippen molar-refractivity contribution in [3.05, 3.63) is 46.9 Å². The Morgan fingerprint density at radius 3 is 2.89 bits per heavy atom. The van der Waals surface area contributed by atoms with Gasteiger partial charge in [-0.15, -0.1) is 11.3 Å². The fraction of sp³-hybridized carbons (Fsp3) is 0. The highest BCUT2D eigenvalue weighted by Crippen LogP contribution is 2.33. The maximum absolute atomic E-state index is 10.9. The molecule has 0 unspecified atom stereocenters. The van der Waals surface area contributed by atoms with Gasteiger partial charge in [-0.3, -0.25) is 0 Å². The molecule has 0 radical (unpaired) electrons. The number of thiophene rings is 1. The lowest BCUT2D eigenvalue weighted by atomic mass is 10.2. The van der Waals surface area contributed by atoms with Crippen LogP contribution in [-0.4, -0.2) is 21.0 Å². The zero-order valence-corrected chi connectivity index (χ0v) is 11.2. The van der Waals surface area contributed by atoms with Gasteiger partial charge in [0.05, 0.1) is 5.52 Å². The summed E-state index contributed by atoms with van der Waals surface area (Å²) in [5, 5.41) is 12.5. The number of aromatic carboxylic acids is 1. The maximum Gasteiger partial charge on any atom is 0.345 e. The average Bonchev–Trinajstić information content (AvgIpc) is 2.88. The molecule has 0 aliphatic carbocycles. The van der Waals surface area contributed by atoms with Crippen LogP contribution in [0.4, 0.5) is 0 Å². The highest BCUT2D eigenvalue weighted by Gasteiger charge is 2.10. The van der Waals surface area contributed by atoms with E-state index in [-0.39, 0.29) is 0 Å². The number of benzene rings is 1. The Labute approximate surface area is 117 Å². The number of hydrogen-bond acceptors (Lipinski definition) is 5. The third-order valence-corrected chi connectivity index (χ3v) is 4.56. The number of carbonyl (C=O) groups is 1. The third-order valence-electron chi connectivity index (χ3n) is 2.51. The molecule has 0 spiro atoms. The normalized spacial score (nSPS) is 10.7. The predicted octanol–water partition coefficient (Wildman–Crippen LogP) is 3.54. The molecule has 0 amide bonds. The smallest absolute Gasteiger partial charge is 0.345 e. The van der Waals surface area contributed by atoms with E-state index in [0.717, 1.165) is 20.8 Å². The number of aromatic nitrogens is 2. The van der Waals surface area contributed by atoms with E-state index < -0.39 is 5.97 Å². The van der Waals surface area contributed by atoms with Crippen LogP contribution in [0.15, 0.2) is 52.0 Å². The van der Waals surface area contributed by atoms with Crippen LogP contribution in [0.5, 0.6) is 0 Å². The van der Waals surface area contributed by atoms with E-state index in [4.69, 9.17) is 5.11 Å². The number of nitrogens with zero attached hydrogens (tertiary/aromatic N) is 2. The first-order valence-corrected chi connectivity index (χ1v) is 7.13. The molecular weight excluding hydrogens is 280 g/mol. The Kier molecular flexibility index (Phi) is 3.18. The van der Waals surface area contributed by atoms with Crippen LogP contribution in [-0.2, 0) is 0 Å². The molecule has 6 heteroatoms. The molecule has 3 aromatic rings. The van der Waals surface area contributed by atoms with Crippen molar-refractivity contribution in [3.63, 3.8) is 0 Å². The van der Waals surface area contributed by atoms with E-state index in [1.807, 2.05) is 29.6 Å².